The van der Waals surface area contributed by atoms with E-state index in [2.05, 4.69) is 10.2 Å². The fourth-order valence-electron chi connectivity index (χ4n) is 1.85. The van der Waals surface area contributed by atoms with Crippen molar-refractivity contribution in [2.24, 2.45) is 5.73 Å². The van der Waals surface area contributed by atoms with Crippen LogP contribution in [0.25, 0.3) is 0 Å². The monoisotopic (exact) mass is 278 g/mol. The van der Waals surface area contributed by atoms with Gasteiger partial charge in [0.15, 0.2) is 5.16 Å². The molecule has 3 N–H and O–H groups in total. The zero-order valence-corrected chi connectivity index (χ0v) is 11.9. The number of H-pyrrole nitrogens is 1. The molecule has 0 unspecified atom stereocenters. The molecule has 1 aromatic heterocycles. The van der Waals surface area contributed by atoms with Crippen molar-refractivity contribution in [3.8, 4) is 0 Å². The van der Waals surface area contributed by atoms with Crippen LogP contribution in [0.15, 0.2) is 39.1 Å². The molecule has 1 heterocycles. The number of hydrogen-bond donors (Lipinski definition) is 2. The van der Waals surface area contributed by atoms with Crippen molar-refractivity contribution >= 4 is 11.8 Å². The molecule has 102 valence electrons. The summed E-state index contributed by atoms with van der Waals surface area (Å²) in [4.78, 5) is 12.7. The van der Waals surface area contributed by atoms with E-state index in [1.807, 2.05) is 38.1 Å². The van der Waals surface area contributed by atoms with Crippen molar-refractivity contribution in [2.45, 2.75) is 42.9 Å². The topological polar surface area (TPSA) is 76.7 Å². The van der Waals surface area contributed by atoms with Crippen LogP contribution in [-0.4, -0.2) is 14.8 Å². The molecule has 1 atom stereocenters. The zero-order chi connectivity index (χ0) is 13.8. The Morgan fingerprint density at radius 2 is 2.21 bits per heavy atom. The Kier molecular flexibility index (Phi) is 4.44. The lowest BCUT2D eigenvalue weighted by molar-refractivity contribution is 0.603. The first kappa shape index (κ1) is 13.9. The van der Waals surface area contributed by atoms with E-state index >= 15 is 0 Å². The molecule has 0 saturated carbocycles. The molecule has 2 rings (SSSR count). The number of nitrogens with one attached hydrogen (secondary N) is 1. The molecule has 0 fully saturated rings. The van der Waals surface area contributed by atoms with Gasteiger partial charge in [-0.15, -0.1) is 5.10 Å². The van der Waals surface area contributed by atoms with Crippen molar-refractivity contribution < 1.29 is 0 Å². The maximum absolute atomic E-state index is 11.6. The van der Waals surface area contributed by atoms with Crippen LogP contribution in [0.5, 0.6) is 0 Å². The molecule has 0 aliphatic rings. The number of rotatable bonds is 5. The summed E-state index contributed by atoms with van der Waals surface area (Å²) in [6.07, 6.45) is 0.891. The van der Waals surface area contributed by atoms with Crippen molar-refractivity contribution in [2.75, 3.05) is 0 Å². The number of nitrogens with zero attached hydrogens (tertiary/aromatic N) is 2. The van der Waals surface area contributed by atoms with E-state index in [0.29, 0.717) is 11.7 Å². The first-order valence-electron chi connectivity index (χ1n) is 6.31. The fraction of sp³-hybridized carbons (Fsp3) is 0.385. The van der Waals surface area contributed by atoms with Gasteiger partial charge in [0.2, 0.25) is 0 Å². The second-order valence-electron chi connectivity index (χ2n) is 4.39. The summed E-state index contributed by atoms with van der Waals surface area (Å²) in [7, 11) is 0. The van der Waals surface area contributed by atoms with Gasteiger partial charge in [0, 0.05) is 17.5 Å². The third-order valence-electron chi connectivity index (χ3n) is 2.78. The molecular weight excluding hydrogens is 260 g/mol. The van der Waals surface area contributed by atoms with Gasteiger partial charge in [-0.2, -0.15) is 0 Å². The fourth-order valence-corrected chi connectivity index (χ4v) is 2.94. The molecule has 0 aliphatic carbocycles. The van der Waals surface area contributed by atoms with Gasteiger partial charge in [0.1, 0.15) is 0 Å². The van der Waals surface area contributed by atoms with Gasteiger partial charge >= 0.3 is 5.69 Å². The van der Waals surface area contributed by atoms with Gasteiger partial charge in [-0.3, -0.25) is 4.57 Å². The molecule has 19 heavy (non-hydrogen) atoms. The van der Waals surface area contributed by atoms with Gasteiger partial charge < -0.3 is 5.73 Å². The minimum Gasteiger partial charge on any atom is -0.324 e. The molecule has 0 radical (unpaired) electrons. The van der Waals surface area contributed by atoms with E-state index in [0.717, 1.165) is 16.9 Å². The first-order valence-corrected chi connectivity index (χ1v) is 7.12. The largest absolute Gasteiger partial charge is 0.343 e. The minimum atomic E-state index is -0.164. The summed E-state index contributed by atoms with van der Waals surface area (Å²) < 4.78 is 1.66. The van der Waals surface area contributed by atoms with Crippen LogP contribution in [0.3, 0.4) is 0 Å². The van der Waals surface area contributed by atoms with E-state index in [9.17, 15) is 4.79 Å². The van der Waals surface area contributed by atoms with Crippen LogP contribution in [0.4, 0.5) is 0 Å². The van der Waals surface area contributed by atoms with Crippen LogP contribution in [0, 0.1) is 0 Å². The molecule has 0 aliphatic heterocycles. The highest BCUT2D eigenvalue weighted by molar-refractivity contribution is 7.99. The third-order valence-corrected chi connectivity index (χ3v) is 3.87. The molecule has 2 aromatic rings. The zero-order valence-electron chi connectivity index (χ0n) is 11.1. The van der Waals surface area contributed by atoms with E-state index < -0.39 is 0 Å². The Morgan fingerprint density at radius 1 is 1.47 bits per heavy atom. The Hall–Kier alpha value is -1.53. The maximum atomic E-state index is 11.6. The summed E-state index contributed by atoms with van der Waals surface area (Å²) in [5, 5.41) is 7.25. The van der Waals surface area contributed by atoms with Crippen molar-refractivity contribution in [1.82, 2.24) is 14.8 Å². The van der Waals surface area contributed by atoms with Crippen LogP contribution >= 0.6 is 11.8 Å². The smallest absolute Gasteiger partial charge is 0.324 e. The van der Waals surface area contributed by atoms with Gasteiger partial charge in [-0.05, 0) is 36.7 Å². The molecule has 6 heteroatoms. The molecule has 0 spiro atoms. The Morgan fingerprint density at radius 3 is 2.89 bits per heavy atom. The van der Waals surface area contributed by atoms with Crippen molar-refractivity contribution in [3.05, 3.63) is 40.3 Å². The van der Waals surface area contributed by atoms with E-state index in [1.165, 1.54) is 11.8 Å². The lowest BCUT2D eigenvalue weighted by Gasteiger charge is -2.11. The normalized spacial score (nSPS) is 12.6. The predicted molar refractivity (Wildman–Crippen MR) is 76.3 cm³/mol. The SMILES string of the molecule is CCCn1c(Sc2ccccc2[C@@H](C)N)n[nH]c1=O. The molecule has 0 saturated heterocycles. The highest BCUT2D eigenvalue weighted by atomic mass is 32.2. The Balaban J connectivity index is 2.34. The van der Waals surface area contributed by atoms with E-state index in [-0.39, 0.29) is 11.7 Å². The lowest BCUT2D eigenvalue weighted by atomic mass is 10.1. The Bertz CT molecular complexity index is 603. The number of nitrogens with two attached hydrogens (primary N) is 1. The van der Waals surface area contributed by atoms with Crippen LogP contribution in [-0.2, 0) is 6.54 Å². The van der Waals surface area contributed by atoms with Gasteiger partial charge in [-0.25, -0.2) is 9.89 Å². The molecular formula is C13H18N4OS. The molecule has 1 aromatic carbocycles. The highest BCUT2D eigenvalue weighted by Crippen LogP contribution is 2.30. The standard InChI is InChI=1S/C13H18N4OS/c1-3-8-17-12(18)15-16-13(17)19-11-7-5-4-6-10(11)9(2)14/h4-7,9H,3,8,14H2,1-2H3,(H,15,18)/t9-/m1/s1. The number of benzene rings is 1. The summed E-state index contributed by atoms with van der Waals surface area (Å²) in [6.45, 7) is 4.64. The van der Waals surface area contributed by atoms with Gasteiger partial charge in [-0.1, -0.05) is 25.1 Å². The van der Waals surface area contributed by atoms with Gasteiger partial charge in [0.05, 0.1) is 0 Å². The lowest BCUT2D eigenvalue weighted by Crippen LogP contribution is -2.17. The molecule has 0 amide bonds. The number of aromatic nitrogens is 3. The average Bonchev–Trinajstić information content (AvgIpc) is 2.72. The van der Waals surface area contributed by atoms with E-state index in [1.54, 1.807) is 4.57 Å². The molecule has 0 bridgehead atoms. The second kappa shape index (κ2) is 6.08. The maximum Gasteiger partial charge on any atom is 0.343 e. The third kappa shape index (κ3) is 3.08. The number of aromatic amines is 1. The van der Waals surface area contributed by atoms with Crippen LogP contribution < -0.4 is 11.4 Å². The summed E-state index contributed by atoms with van der Waals surface area (Å²) >= 11 is 1.47. The first-order chi connectivity index (χ1) is 9.13. The summed E-state index contributed by atoms with van der Waals surface area (Å²) in [5.74, 6) is 0. The van der Waals surface area contributed by atoms with Crippen molar-refractivity contribution in [3.63, 3.8) is 0 Å². The minimum absolute atomic E-state index is 0.0472. The number of hydrogen-bond acceptors (Lipinski definition) is 4. The quantitative estimate of drug-likeness (QED) is 0.878. The average molecular weight is 278 g/mol. The van der Waals surface area contributed by atoms with Gasteiger partial charge in [0.25, 0.3) is 0 Å². The van der Waals surface area contributed by atoms with E-state index in [4.69, 9.17) is 5.73 Å². The summed E-state index contributed by atoms with van der Waals surface area (Å²) in [6, 6.07) is 7.88. The summed E-state index contributed by atoms with van der Waals surface area (Å²) in [5.41, 5.74) is 6.86. The Labute approximate surface area is 116 Å². The molecule has 5 nitrogen and oxygen atoms in total. The van der Waals surface area contributed by atoms with Crippen LogP contribution in [0.1, 0.15) is 31.9 Å². The predicted octanol–water partition coefficient (Wildman–Crippen LogP) is 2.15. The second-order valence-corrected chi connectivity index (χ2v) is 5.40. The highest BCUT2D eigenvalue weighted by Gasteiger charge is 2.13. The van der Waals surface area contributed by atoms with Crippen LogP contribution in [0.2, 0.25) is 0 Å². The van der Waals surface area contributed by atoms with Crippen molar-refractivity contribution in [1.29, 1.82) is 0 Å².